The van der Waals surface area contributed by atoms with E-state index in [2.05, 4.69) is 19.7 Å². The molecule has 0 saturated carbocycles. The molecule has 0 bridgehead atoms. The standard InChI is InChI=1S/C19H21N5O3S/c1-11-7-14(15(25)10-28-19-21-18(20)22-23-19)12(2)24(11)8-13-9-26-16-5-3-4-6-17(16)27-13/h3-7,13H,8-10H2,1-2H3,(H3,20,21,22,23)/t13-/m0/s1. The zero-order chi connectivity index (χ0) is 19.7. The number of anilines is 1. The number of carbonyl (C=O) groups excluding carboxylic acids is 1. The number of aromatic amines is 1. The maximum atomic E-state index is 12.7. The summed E-state index contributed by atoms with van der Waals surface area (Å²) in [6.45, 7) is 5.03. The van der Waals surface area contributed by atoms with Crippen molar-refractivity contribution in [2.45, 2.75) is 31.7 Å². The van der Waals surface area contributed by atoms with Gasteiger partial charge < -0.3 is 19.8 Å². The van der Waals surface area contributed by atoms with Gasteiger partial charge in [0.15, 0.2) is 23.4 Å². The molecule has 3 aromatic rings. The molecule has 0 aliphatic carbocycles. The van der Waals surface area contributed by atoms with Crippen molar-refractivity contribution < 1.29 is 14.3 Å². The van der Waals surface area contributed by atoms with Crippen molar-refractivity contribution in [2.24, 2.45) is 0 Å². The highest BCUT2D eigenvalue weighted by molar-refractivity contribution is 7.99. The van der Waals surface area contributed by atoms with Gasteiger partial charge in [0.1, 0.15) is 6.61 Å². The highest BCUT2D eigenvalue weighted by Gasteiger charge is 2.24. The van der Waals surface area contributed by atoms with Crippen LogP contribution in [0.2, 0.25) is 0 Å². The number of nitrogens with zero attached hydrogens (tertiary/aromatic N) is 3. The third-order valence-corrected chi connectivity index (χ3v) is 5.49. The predicted molar refractivity (Wildman–Crippen MR) is 106 cm³/mol. The number of fused-ring (bicyclic) bond motifs is 1. The molecule has 0 radical (unpaired) electrons. The van der Waals surface area contributed by atoms with E-state index in [1.807, 2.05) is 44.2 Å². The molecule has 0 saturated heterocycles. The van der Waals surface area contributed by atoms with Crippen LogP contribution in [0.15, 0.2) is 35.5 Å². The number of aromatic nitrogens is 4. The summed E-state index contributed by atoms with van der Waals surface area (Å²) in [6, 6.07) is 9.56. The maximum Gasteiger partial charge on any atom is 0.216 e. The largest absolute Gasteiger partial charge is 0.486 e. The number of hydrogen-bond acceptors (Lipinski definition) is 7. The second-order valence-electron chi connectivity index (χ2n) is 6.61. The monoisotopic (exact) mass is 399 g/mol. The molecule has 1 aromatic carbocycles. The van der Waals surface area contributed by atoms with Crippen LogP contribution in [-0.4, -0.2) is 44.0 Å². The number of rotatable bonds is 6. The van der Waals surface area contributed by atoms with Gasteiger partial charge in [0.2, 0.25) is 11.1 Å². The van der Waals surface area contributed by atoms with Crippen LogP contribution in [0.3, 0.4) is 0 Å². The van der Waals surface area contributed by atoms with Gasteiger partial charge in [0.25, 0.3) is 0 Å². The summed E-state index contributed by atoms with van der Waals surface area (Å²) in [7, 11) is 0. The first kappa shape index (κ1) is 18.4. The van der Waals surface area contributed by atoms with E-state index in [4.69, 9.17) is 15.2 Å². The van der Waals surface area contributed by atoms with Gasteiger partial charge in [-0.1, -0.05) is 23.9 Å². The molecule has 8 nitrogen and oxygen atoms in total. The molecule has 146 valence electrons. The number of aryl methyl sites for hydroxylation is 1. The van der Waals surface area contributed by atoms with Crippen molar-refractivity contribution in [3.8, 4) is 11.5 Å². The minimum Gasteiger partial charge on any atom is -0.486 e. The number of hydrogen-bond donors (Lipinski definition) is 2. The number of carbonyl (C=O) groups is 1. The van der Waals surface area contributed by atoms with Crippen LogP contribution < -0.4 is 15.2 Å². The molecule has 1 aliphatic rings. The van der Waals surface area contributed by atoms with Crippen molar-refractivity contribution in [1.82, 2.24) is 19.7 Å². The first-order chi connectivity index (χ1) is 13.5. The van der Waals surface area contributed by atoms with E-state index in [0.717, 1.165) is 22.9 Å². The number of H-pyrrole nitrogens is 1. The number of nitrogens with one attached hydrogen (secondary N) is 1. The Balaban J connectivity index is 1.44. The number of para-hydroxylation sites is 2. The Morgan fingerprint density at radius 3 is 2.89 bits per heavy atom. The van der Waals surface area contributed by atoms with Crippen LogP contribution in [0.25, 0.3) is 0 Å². The summed E-state index contributed by atoms with van der Waals surface area (Å²) in [5.74, 6) is 2.03. The van der Waals surface area contributed by atoms with Crippen LogP contribution in [0.5, 0.6) is 11.5 Å². The molecule has 1 aliphatic heterocycles. The van der Waals surface area contributed by atoms with E-state index >= 15 is 0 Å². The lowest BCUT2D eigenvalue weighted by atomic mass is 10.2. The fourth-order valence-electron chi connectivity index (χ4n) is 3.25. The average molecular weight is 399 g/mol. The SMILES string of the molecule is Cc1cc(C(=O)CSc2n[nH]c(N)n2)c(C)n1C[C@H]1COc2ccccc2O1. The second-order valence-corrected chi connectivity index (χ2v) is 7.55. The summed E-state index contributed by atoms with van der Waals surface area (Å²) in [6.07, 6.45) is -0.117. The topological polar surface area (TPSA) is 108 Å². The number of Topliss-reactive ketones (excluding diaryl/α,β-unsaturated/α-hetero) is 1. The summed E-state index contributed by atoms with van der Waals surface area (Å²) < 4.78 is 14.0. The Labute approximate surface area is 166 Å². The number of nitrogens with two attached hydrogens (primary N) is 1. The Morgan fingerprint density at radius 2 is 2.14 bits per heavy atom. The number of ketones is 1. The molecule has 9 heteroatoms. The summed E-state index contributed by atoms with van der Waals surface area (Å²) in [5, 5.41) is 6.96. The lowest BCUT2D eigenvalue weighted by molar-refractivity contribution is 0.0777. The molecule has 2 aromatic heterocycles. The summed E-state index contributed by atoms with van der Waals surface area (Å²) in [4.78, 5) is 16.7. The number of nitrogen functional groups attached to an aromatic ring is 1. The van der Waals surface area contributed by atoms with Crippen molar-refractivity contribution in [1.29, 1.82) is 0 Å². The van der Waals surface area contributed by atoms with Crippen LogP contribution in [-0.2, 0) is 6.54 Å². The van der Waals surface area contributed by atoms with Gasteiger partial charge in [0, 0.05) is 17.0 Å². The highest BCUT2D eigenvalue weighted by atomic mass is 32.2. The third kappa shape index (κ3) is 3.70. The van der Waals surface area contributed by atoms with Crippen LogP contribution in [0, 0.1) is 13.8 Å². The Hall–Kier alpha value is -2.94. The predicted octanol–water partition coefficient (Wildman–Crippen LogP) is 2.62. The second kappa shape index (κ2) is 7.59. The van der Waals surface area contributed by atoms with Crippen LogP contribution in [0.4, 0.5) is 5.95 Å². The van der Waals surface area contributed by atoms with Crippen LogP contribution >= 0.6 is 11.8 Å². The highest BCUT2D eigenvalue weighted by Crippen LogP contribution is 2.31. The van der Waals surface area contributed by atoms with E-state index in [9.17, 15) is 4.79 Å². The van der Waals surface area contributed by atoms with Gasteiger partial charge >= 0.3 is 0 Å². The van der Waals surface area contributed by atoms with E-state index in [1.165, 1.54) is 11.8 Å². The van der Waals surface area contributed by atoms with Crippen molar-refractivity contribution >= 4 is 23.5 Å². The summed E-state index contributed by atoms with van der Waals surface area (Å²) in [5.41, 5.74) is 8.14. The number of thioether (sulfide) groups is 1. The van der Waals surface area contributed by atoms with E-state index in [1.54, 1.807) is 0 Å². The number of ether oxygens (including phenoxy) is 2. The first-order valence-corrected chi connectivity index (χ1v) is 9.89. The lowest BCUT2D eigenvalue weighted by Gasteiger charge is -2.27. The van der Waals surface area contributed by atoms with Gasteiger partial charge in [0.05, 0.1) is 12.3 Å². The minimum absolute atomic E-state index is 0.0267. The first-order valence-electron chi connectivity index (χ1n) is 8.90. The van der Waals surface area contributed by atoms with Crippen molar-refractivity contribution in [2.75, 3.05) is 18.1 Å². The zero-order valence-electron chi connectivity index (χ0n) is 15.6. The van der Waals surface area contributed by atoms with Crippen LogP contribution in [0.1, 0.15) is 21.7 Å². The number of benzene rings is 1. The molecule has 3 heterocycles. The third-order valence-electron chi connectivity index (χ3n) is 4.64. The Kier molecular flexibility index (Phi) is 4.99. The molecule has 0 amide bonds. The van der Waals surface area contributed by atoms with Gasteiger partial charge in [-0.3, -0.25) is 4.79 Å². The van der Waals surface area contributed by atoms with Gasteiger partial charge in [-0.25, -0.2) is 5.10 Å². The zero-order valence-corrected chi connectivity index (χ0v) is 16.5. The molecule has 1 atom stereocenters. The van der Waals surface area contributed by atoms with Gasteiger partial charge in [-0.2, -0.15) is 4.98 Å². The normalized spacial score (nSPS) is 15.6. The molecule has 28 heavy (non-hydrogen) atoms. The molecule has 4 rings (SSSR count). The lowest BCUT2D eigenvalue weighted by Crippen LogP contribution is -2.33. The average Bonchev–Trinajstić information content (AvgIpc) is 3.24. The van der Waals surface area contributed by atoms with E-state index in [-0.39, 0.29) is 23.6 Å². The molecular formula is C19H21N5O3S. The molecule has 0 unspecified atom stereocenters. The molecule has 0 spiro atoms. The van der Waals surface area contributed by atoms with Gasteiger partial charge in [-0.05, 0) is 32.0 Å². The maximum absolute atomic E-state index is 12.7. The fourth-order valence-corrected chi connectivity index (χ4v) is 3.94. The minimum atomic E-state index is -0.117. The van der Waals surface area contributed by atoms with Crippen molar-refractivity contribution in [3.05, 3.63) is 47.3 Å². The quantitative estimate of drug-likeness (QED) is 0.484. The fraction of sp³-hybridized carbons (Fsp3) is 0.316. The van der Waals surface area contributed by atoms with Gasteiger partial charge in [-0.15, -0.1) is 5.10 Å². The van der Waals surface area contributed by atoms with Crippen molar-refractivity contribution in [3.63, 3.8) is 0 Å². The molecular weight excluding hydrogens is 378 g/mol. The Bertz CT molecular complexity index is 1010. The summed E-state index contributed by atoms with van der Waals surface area (Å²) >= 11 is 1.26. The molecule has 0 fully saturated rings. The Morgan fingerprint density at radius 1 is 1.36 bits per heavy atom. The van der Waals surface area contributed by atoms with E-state index < -0.39 is 0 Å². The molecule has 3 N–H and O–H groups in total. The smallest absolute Gasteiger partial charge is 0.216 e. The van der Waals surface area contributed by atoms with E-state index in [0.29, 0.717) is 23.9 Å².